The van der Waals surface area contributed by atoms with E-state index in [1.807, 2.05) is 30.3 Å². The molecule has 0 spiro atoms. The number of hydrogen-bond acceptors (Lipinski definition) is 5. The molecule has 208 valence electrons. The average molecular weight is 571 g/mol. The number of alkyl halides is 3. The molecule has 0 saturated heterocycles. The normalized spacial score (nSPS) is 13.9. The van der Waals surface area contributed by atoms with E-state index in [1.54, 1.807) is 25.3 Å². The highest BCUT2D eigenvalue weighted by atomic mass is 35.5. The summed E-state index contributed by atoms with van der Waals surface area (Å²) in [4.78, 5) is 19.6. The van der Waals surface area contributed by atoms with Crippen molar-refractivity contribution in [3.8, 4) is 11.5 Å². The first-order valence-electron chi connectivity index (χ1n) is 12.5. The van der Waals surface area contributed by atoms with Crippen LogP contribution in [0.4, 0.5) is 18.0 Å². The van der Waals surface area contributed by atoms with Crippen LogP contribution in [-0.2, 0) is 19.5 Å². The lowest BCUT2D eigenvalue weighted by molar-refractivity contribution is -0.274. The van der Waals surface area contributed by atoms with E-state index in [2.05, 4.69) is 26.0 Å². The maximum absolute atomic E-state index is 13.4. The second kappa shape index (κ2) is 11.6. The van der Waals surface area contributed by atoms with Crippen molar-refractivity contribution in [2.75, 3.05) is 20.2 Å². The number of fused-ring (bicyclic) bond motifs is 3. The van der Waals surface area contributed by atoms with E-state index in [-0.39, 0.29) is 12.3 Å². The molecule has 0 radical (unpaired) electrons. The van der Waals surface area contributed by atoms with Crippen LogP contribution in [0.5, 0.6) is 11.5 Å². The summed E-state index contributed by atoms with van der Waals surface area (Å²) >= 11 is 5.95. The molecule has 4 aromatic rings. The van der Waals surface area contributed by atoms with Gasteiger partial charge in [0.1, 0.15) is 16.7 Å². The van der Waals surface area contributed by atoms with Crippen LogP contribution in [0.1, 0.15) is 22.4 Å². The Balaban J connectivity index is 1.40. The minimum atomic E-state index is -4.85. The third kappa shape index (κ3) is 6.40. The maximum Gasteiger partial charge on any atom is 0.573 e. The molecule has 1 aliphatic rings. The van der Waals surface area contributed by atoms with Crippen molar-refractivity contribution < 1.29 is 27.4 Å². The van der Waals surface area contributed by atoms with E-state index in [0.29, 0.717) is 42.1 Å². The Bertz CT molecular complexity index is 1550. The molecule has 7 nitrogen and oxygen atoms in total. The quantitative estimate of drug-likeness (QED) is 0.260. The van der Waals surface area contributed by atoms with Gasteiger partial charge in [-0.1, -0.05) is 35.9 Å². The van der Waals surface area contributed by atoms with Gasteiger partial charge < -0.3 is 14.8 Å². The number of ether oxygens (including phenoxy) is 2. The Hall–Kier alpha value is -4.02. The van der Waals surface area contributed by atoms with Gasteiger partial charge in [0, 0.05) is 55.9 Å². The standard InChI is InChI=1S/C29H26ClF3N4O3/c1-39-21-6-4-19(5-7-21)3-2-13-36-14-11-25-24(18-36)23-9-8-22(40-29(31,32)33)16-26(23)37(25)28(38)35-17-20-10-12-34-27(30)15-20/h2-10,12,15-16H,11,13-14,17-18H2,1H3,(H,35,38). The van der Waals surface area contributed by atoms with Crippen LogP contribution in [0.15, 0.2) is 66.9 Å². The zero-order valence-electron chi connectivity index (χ0n) is 21.5. The molecule has 0 bridgehead atoms. The highest BCUT2D eigenvalue weighted by Gasteiger charge is 2.32. The van der Waals surface area contributed by atoms with Crippen LogP contribution in [0, 0.1) is 0 Å². The molecule has 1 aliphatic heterocycles. The summed E-state index contributed by atoms with van der Waals surface area (Å²) in [6.45, 7) is 2.06. The van der Waals surface area contributed by atoms with Crippen molar-refractivity contribution in [1.29, 1.82) is 0 Å². The van der Waals surface area contributed by atoms with Gasteiger partial charge in [-0.25, -0.2) is 9.78 Å². The molecular formula is C29H26ClF3N4O3. The summed E-state index contributed by atoms with van der Waals surface area (Å²) in [5, 5.41) is 3.85. The number of halogens is 4. The fourth-order valence-corrected chi connectivity index (χ4v) is 5.04. The number of methoxy groups -OCH3 is 1. The van der Waals surface area contributed by atoms with Crippen molar-refractivity contribution in [3.63, 3.8) is 0 Å². The SMILES string of the molecule is COc1ccc(C=CCN2CCc3c(c4ccc(OC(F)(F)F)cc4n3C(=O)NCc3ccnc(Cl)c3)C2)cc1. The van der Waals surface area contributed by atoms with Crippen LogP contribution >= 0.6 is 11.6 Å². The number of aromatic nitrogens is 2. The van der Waals surface area contributed by atoms with E-state index in [4.69, 9.17) is 16.3 Å². The molecule has 0 atom stereocenters. The van der Waals surface area contributed by atoms with E-state index in [1.165, 1.54) is 22.9 Å². The highest BCUT2D eigenvalue weighted by molar-refractivity contribution is 6.29. The molecule has 3 heterocycles. The summed E-state index contributed by atoms with van der Waals surface area (Å²) < 4.78 is 49.7. The zero-order valence-corrected chi connectivity index (χ0v) is 22.3. The van der Waals surface area contributed by atoms with Crippen molar-refractivity contribution in [1.82, 2.24) is 19.8 Å². The van der Waals surface area contributed by atoms with Gasteiger partial charge in [-0.05, 0) is 53.1 Å². The number of benzene rings is 2. The van der Waals surface area contributed by atoms with Gasteiger partial charge >= 0.3 is 12.4 Å². The van der Waals surface area contributed by atoms with Crippen LogP contribution in [0.25, 0.3) is 17.0 Å². The molecule has 11 heteroatoms. The van der Waals surface area contributed by atoms with E-state index >= 15 is 0 Å². The molecule has 2 aromatic carbocycles. The fourth-order valence-electron chi connectivity index (χ4n) is 4.84. The Morgan fingerprint density at radius 3 is 2.62 bits per heavy atom. The minimum Gasteiger partial charge on any atom is -0.497 e. The molecule has 2 aromatic heterocycles. The Labute approximate surface area is 233 Å². The lowest BCUT2D eigenvalue weighted by Crippen LogP contribution is -2.34. The van der Waals surface area contributed by atoms with E-state index in [0.717, 1.165) is 28.1 Å². The summed E-state index contributed by atoms with van der Waals surface area (Å²) in [7, 11) is 1.62. The second-order valence-electron chi connectivity index (χ2n) is 9.29. The monoisotopic (exact) mass is 570 g/mol. The average Bonchev–Trinajstić information content (AvgIpc) is 3.24. The lowest BCUT2D eigenvalue weighted by atomic mass is 10.0. The summed E-state index contributed by atoms with van der Waals surface area (Å²) in [6.07, 6.45) is 1.33. The first-order chi connectivity index (χ1) is 19.2. The number of hydrogen-bond donors (Lipinski definition) is 1. The Kier molecular flexibility index (Phi) is 7.99. The number of amides is 1. The third-order valence-corrected chi connectivity index (χ3v) is 6.87. The number of nitrogens with zero attached hydrogens (tertiary/aromatic N) is 3. The largest absolute Gasteiger partial charge is 0.573 e. The van der Waals surface area contributed by atoms with Crippen molar-refractivity contribution >= 4 is 34.6 Å². The number of carbonyl (C=O) groups is 1. The predicted molar refractivity (Wildman–Crippen MR) is 147 cm³/mol. The zero-order chi connectivity index (χ0) is 28.3. The topological polar surface area (TPSA) is 68.6 Å². The second-order valence-corrected chi connectivity index (χ2v) is 9.68. The van der Waals surface area contributed by atoms with Gasteiger partial charge in [0.2, 0.25) is 0 Å². The van der Waals surface area contributed by atoms with Crippen LogP contribution in [0.2, 0.25) is 5.15 Å². The predicted octanol–water partition coefficient (Wildman–Crippen LogP) is 6.43. The molecule has 0 aliphatic carbocycles. The molecule has 40 heavy (non-hydrogen) atoms. The molecule has 0 saturated carbocycles. The van der Waals surface area contributed by atoms with Gasteiger partial charge in [-0.15, -0.1) is 13.2 Å². The smallest absolute Gasteiger partial charge is 0.497 e. The van der Waals surface area contributed by atoms with Crippen molar-refractivity contribution in [2.24, 2.45) is 0 Å². The van der Waals surface area contributed by atoms with Crippen LogP contribution < -0.4 is 14.8 Å². The lowest BCUT2D eigenvalue weighted by Gasteiger charge is -2.27. The summed E-state index contributed by atoms with van der Waals surface area (Å²) in [6, 6.07) is 14.8. The molecule has 5 rings (SSSR count). The molecule has 1 amide bonds. The molecule has 0 fully saturated rings. The van der Waals surface area contributed by atoms with Crippen LogP contribution in [0.3, 0.4) is 0 Å². The van der Waals surface area contributed by atoms with Gasteiger partial charge in [0.15, 0.2) is 0 Å². The molecule has 0 unspecified atom stereocenters. The Morgan fingerprint density at radius 1 is 1.12 bits per heavy atom. The number of nitrogens with one attached hydrogen (secondary N) is 1. The maximum atomic E-state index is 13.4. The summed E-state index contributed by atoms with van der Waals surface area (Å²) in [5.74, 6) is 0.401. The van der Waals surface area contributed by atoms with Crippen LogP contribution in [-0.4, -0.2) is 47.0 Å². The molecular weight excluding hydrogens is 545 g/mol. The Morgan fingerprint density at radius 2 is 1.90 bits per heavy atom. The van der Waals surface area contributed by atoms with Gasteiger partial charge in [0.05, 0.1) is 12.6 Å². The van der Waals surface area contributed by atoms with E-state index in [9.17, 15) is 18.0 Å². The summed E-state index contributed by atoms with van der Waals surface area (Å²) in [5.41, 5.74) is 3.81. The van der Waals surface area contributed by atoms with Crippen molar-refractivity contribution in [3.05, 3.63) is 94.4 Å². The van der Waals surface area contributed by atoms with E-state index < -0.39 is 12.4 Å². The number of pyridine rings is 1. The fraction of sp³-hybridized carbons (Fsp3) is 0.241. The first-order valence-corrected chi connectivity index (χ1v) is 12.9. The van der Waals surface area contributed by atoms with Gasteiger partial charge in [-0.3, -0.25) is 9.47 Å². The van der Waals surface area contributed by atoms with Gasteiger partial charge in [0.25, 0.3) is 0 Å². The highest BCUT2D eigenvalue weighted by Crippen LogP contribution is 2.34. The third-order valence-electron chi connectivity index (χ3n) is 6.66. The number of carbonyl (C=O) groups excluding carboxylic acids is 1. The minimum absolute atomic E-state index is 0.177. The number of rotatable bonds is 7. The molecule has 1 N–H and O–H groups in total. The van der Waals surface area contributed by atoms with Crippen molar-refractivity contribution in [2.45, 2.75) is 25.9 Å². The first kappa shape index (κ1) is 27.5. The van der Waals surface area contributed by atoms with Gasteiger partial charge in [-0.2, -0.15) is 0 Å².